The number of nitrogens with zero attached hydrogens (tertiary/aromatic N) is 1. The third-order valence-electron chi connectivity index (χ3n) is 4.72. The van der Waals surface area contributed by atoms with Crippen LogP contribution in [0, 0.1) is 13.8 Å². The Morgan fingerprint density at radius 1 is 1.17 bits per heavy atom. The average Bonchev–Trinajstić information content (AvgIpc) is 2.67. The zero-order chi connectivity index (χ0) is 21.7. The zero-order valence-electron chi connectivity index (χ0n) is 17.2. The number of aromatic nitrogens is 2. The molecular weight excluding hydrogens is 402 g/mol. The fourth-order valence-corrected chi connectivity index (χ4v) is 3.49. The molecule has 2 N–H and O–H groups in total. The summed E-state index contributed by atoms with van der Waals surface area (Å²) in [5.74, 6) is 1.05. The van der Waals surface area contributed by atoms with E-state index < -0.39 is 0 Å². The van der Waals surface area contributed by atoms with Gasteiger partial charge in [-0.05, 0) is 37.6 Å². The Morgan fingerprint density at radius 3 is 2.57 bits per heavy atom. The maximum Gasteiger partial charge on any atom is 0.251 e. The topological polar surface area (TPSA) is 84.1 Å². The number of carbonyl (C=O) groups is 1. The van der Waals surface area contributed by atoms with Crippen molar-refractivity contribution in [3.63, 3.8) is 0 Å². The maximum absolute atomic E-state index is 12.9. The van der Waals surface area contributed by atoms with Crippen LogP contribution in [0.3, 0.4) is 0 Å². The standard InChI is InChI=1S/C23H24ClN3O3/c1-14-4-9-21(30-3)17(10-14)11-22(28)27-20(16-5-7-18(24)8-6-16)12-19-13-23(29)26-15(2)25-19/h4-10,13,20H,11-12H2,1-3H3,(H,27,28)(H,25,26,29)/t20-/m0/s1. The summed E-state index contributed by atoms with van der Waals surface area (Å²) in [4.78, 5) is 31.7. The number of amides is 1. The van der Waals surface area contributed by atoms with Gasteiger partial charge >= 0.3 is 0 Å². The van der Waals surface area contributed by atoms with E-state index in [-0.39, 0.29) is 23.9 Å². The van der Waals surface area contributed by atoms with Crippen LogP contribution < -0.4 is 15.6 Å². The number of aryl methyl sites for hydroxylation is 2. The Balaban J connectivity index is 1.85. The number of carbonyl (C=O) groups excluding carboxylic acids is 1. The molecule has 30 heavy (non-hydrogen) atoms. The number of ether oxygens (including phenoxy) is 1. The molecule has 1 atom stereocenters. The Bertz CT molecular complexity index is 1090. The van der Waals surface area contributed by atoms with E-state index >= 15 is 0 Å². The number of benzene rings is 2. The molecule has 0 aliphatic rings. The van der Waals surface area contributed by atoms with Gasteiger partial charge in [0.15, 0.2) is 0 Å². The van der Waals surface area contributed by atoms with Crippen molar-refractivity contribution in [1.82, 2.24) is 15.3 Å². The van der Waals surface area contributed by atoms with Gasteiger partial charge in [-0.25, -0.2) is 4.98 Å². The van der Waals surface area contributed by atoms with Gasteiger partial charge in [-0.1, -0.05) is 41.4 Å². The summed E-state index contributed by atoms with van der Waals surface area (Å²) < 4.78 is 5.38. The molecule has 1 amide bonds. The molecule has 0 saturated heterocycles. The number of methoxy groups -OCH3 is 1. The first-order valence-electron chi connectivity index (χ1n) is 9.59. The first kappa shape index (κ1) is 21.6. The lowest BCUT2D eigenvalue weighted by Gasteiger charge is -2.20. The molecular formula is C23H24ClN3O3. The number of nitrogens with one attached hydrogen (secondary N) is 2. The lowest BCUT2D eigenvalue weighted by atomic mass is 10.0. The molecule has 0 bridgehead atoms. The molecule has 1 heterocycles. The second-order valence-corrected chi connectivity index (χ2v) is 7.63. The largest absolute Gasteiger partial charge is 0.496 e. The number of rotatable bonds is 7. The molecule has 0 fully saturated rings. The number of hydrogen-bond acceptors (Lipinski definition) is 4. The fraction of sp³-hybridized carbons (Fsp3) is 0.261. The second-order valence-electron chi connectivity index (χ2n) is 7.19. The van der Waals surface area contributed by atoms with Crippen LogP contribution in [0.15, 0.2) is 53.3 Å². The molecule has 1 aromatic heterocycles. The number of hydrogen-bond donors (Lipinski definition) is 2. The highest BCUT2D eigenvalue weighted by atomic mass is 35.5. The third-order valence-corrected chi connectivity index (χ3v) is 4.97. The summed E-state index contributed by atoms with van der Waals surface area (Å²) in [6.45, 7) is 3.70. The Hall–Kier alpha value is -3.12. The van der Waals surface area contributed by atoms with E-state index in [0.29, 0.717) is 28.7 Å². The molecule has 0 unspecified atom stereocenters. The molecule has 7 heteroatoms. The predicted octanol–water partition coefficient (Wildman–Crippen LogP) is 3.69. The molecule has 0 radical (unpaired) electrons. The van der Waals surface area contributed by atoms with E-state index in [1.165, 1.54) is 6.07 Å². The highest BCUT2D eigenvalue weighted by Crippen LogP contribution is 2.23. The van der Waals surface area contributed by atoms with Gasteiger partial charge in [-0.3, -0.25) is 9.59 Å². The highest BCUT2D eigenvalue weighted by molar-refractivity contribution is 6.30. The quantitative estimate of drug-likeness (QED) is 0.604. The van der Waals surface area contributed by atoms with Crippen molar-refractivity contribution in [3.05, 3.63) is 92.1 Å². The average molecular weight is 426 g/mol. The molecule has 0 aliphatic heterocycles. The van der Waals surface area contributed by atoms with Crippen LogP contribution in [-0.2, 0) is 17.6 Å². The van der Waals surface area contributed by atoms with Crippen LogP contribution in [0.2, 0.25) is 5.02 Å². The first-order chi connectivity index (χ1) is 14.3. The summed E-state index contributed by atoms with van der Waals surface area (Å²) in [6, 6.07) is 14.1. The normalized spacial score (nSPS) is 11.7. The predicted molar refractivity (Wildman–Crippen MR) is 117 cm³/mol. The van der Waals surface area contributed by atoms with Crippen molar-refractivity contribution in [2.24, 2.45) is 0 Å². The van der Waals surface area contributed by atoms with Gasteiger partial charge < -0.3 is 15.0 Å². The van der Waals surface area contributed by atoms with Crippen molar-refractivity contribution in [2.75, 3.05) is 7.11 Å². The van der Waals surface area contributed by atoms with Crippen LogP contribution in [0.25, 0.3) is 0 Å². The molecule has 2 aromatic carbocycles. The SMILES string of the molecule is COc1ccc(C)cc1CC(=O)N[C@@H](Cc1cc(=O)[nH]c(C)n1)c1ccc(Cl)cc1. The minimum Gasteiger partial charge on any atom is -0.496 e. The third kappa shape index (κ3) is 5.70. The van der Waals surface area contributed by atoms with Crippen molar-refractivity contribution >= 4 is 17.5 Å². The summed E-state index contributed by atoms with van der Waals surface area (Å²) in [6.07, 6.45) is 0.555. The Kier molecular flexibility index (Phi) is 6.90. The zero-order valence-corrected chi connectivity index (χ0v) is 17.9. The molecule has 3 aromatic rings. The van der Waals surface area contributed by atoms with E-state index in [4.69, 9.17) is 16.3 Å². The number of halogens is 1. The Labute approximate surface area is 180 Å². The van der Waals surface area contributed by atoms with Gasteiger partial charge in [-0.2, -0.15) is 0 Å². The molecule has 0 aliphatic carbocycles. The minimum atomic E-state index is -0.362. The summed E-state index contributed by atoms with van der Waals surface area (Å²) in [5, 5.41) is 3.68. The van der Waals surface area contributed by atoms with Crippen LogP contribution >= 0.6 is 11.6 Å². The molecule has 0 saturated carbocycles. The van der Waals surface area contributed by atoms with Crippen molar-refractivity contribution in [2.45, 2.75) is 32.7 Å². The smallest absolute Gasteiger partial charge is 0.251 e. The van der Waals surface area contributed by atoms with E-state index in [1.54, 1.807) is 26.2 Å². The molecule has 0 spiro atoms. The van der Waals surface area contributed by atoms with Gasteiger partial charge in [0.1, 0.15) is 11.6 Å². The van der Waals surface area contributed by atoms with Crippen LogP contribution in [0.5, 0.6) is 5.75 Å². The molecule has 6 nitrogen and oxygen atoms in total. The maximum atomic E-state index is 12.9. The summed E-state index contributed by atoms with van der Waals surface area (Å²) >= 11 is 6.02. The van der Waals surface area contributed by atoms with Gasteiger partial charge in [0.2, 0.25) is 5.91 Å². The van der Waals surface area contributed by atoms with Gasteiger partial charge in [0.05, 0.1) is 25.3 Å². The van der Waals surface area contributed by atoms with E-state index in [9.17, 15) is 9.59 Å². The summed E-state index contributed by atoms with van der Waals surface area (Å²) in [7, 11) is 1.59. The van der Waals surface area contributed by atoms with Crippen LogP contribution in [-0.4, -0.2) is 23.0 Å². The monoisotopic (exact) mass is 425 g/mol. The van der Waals surface area contributed by atoms with Gasteiger partial charge in [-0.15, -0.1) is 0 Å². The van der Waals surface area contributed by atoms with Gasteiger partial charge in [0, 0.05) is 23.1 Å². The fourth-order valence-electron chi connectivity index (χ4n) is 3.37. The van der Waals surface area contributed by atoms with E-state index in [0.717, 1.165) is 16.7 Å². The molecule has 156 valence electrons. The molecule has 3 rings (SSSR count). The number of H-pyrrole nitrogens is 1. The van der Waals surface area contributed by atoms with Crippen LogP contribution in [0.1, 0.15) is 34.3 Å². The van der Waals surface area contributed by atoms with Crippen molar-refractivity contribution in [1.29, 1.82) is 0 Å². The first-order valence-corrected chi connectivity index (χ1v) is 9.97. The van der Waals surface area contributed by atoms with Gasteiger partial charge in [0.25, 0.3) is 5.56 Å². The van der Waals surface area contributed by atoms with E-state index in [1.807, 2.05) is 37.3 Å². The lowest BCUT2D eigenvalue weighted by molar-refractivity contribution is -0.121. The number of aromatic amines is 1. The second kappa shape index (κ2) is 9.59. The summed E-state index contributed by atoms with van der Waals surface area (Å²) in [5.41, 5.74) is 3.13. The minimum absolute atomic E-state index is 0.152. The van der Waals surface area contributed by atoms with Crippen LogP contribution in [0.4, 0.5) is 0 Å². The lowest BCUT2D eigenvalue weighted by Crippen LogP contribution is -2.32. The van der Waals surface area contributed by atoms with Crippen molar-refractivity contribution in [3.8, 4) is 5.75 Å². The van der Waals surface area contributed by atoms with Crippen molar-refractivity contribution < 1.29 is 9.53 Å². The highest BCUT2D eigenvalue weighted by Gasteiger charge is 2.18. The van der Waals surface area contributed by atoms with E-state index in [2.05, 4.69) is 15.3 Å². The Morgan fingerprint density at radius 2 is 1.90 bits per heavy atom.